The minimum absolute atomic E-state index is 0.351. The number of unbranched alkanes of at least 4 members (excludes halogenated alkanes) is 1. The summed E-state index contributed by atoms with van der Waals surface area (Å²) in [6.45, 7) is 6.29. The van der Waals surface area contributed by atoms with E-state index >= 15 is 0 Å². The van der Waals surface area contributed by atoms with Crippen molar-refractivity contribution in [1.29, 1.82) is 0 Å². The molecule has 4 fully saturated rings. The van der Waals surface area contributed by atoms with Crippen molar-refractivity contribution in [3.8, 4) is 0 Å². The molecular formula is C26H48BP. The Morgan fingerprint density at radius 2 is 1.36 bits per heavy atom. The third-order valence-corrected chi connectivity index (χ3v) is 13.3. The maximum absolute atomic E-state index is 2.59. The van der Waals surface area contributed by atoms with Crippen LogP contribution in [0.1, 0.15) is 110 Å². The van der Waals surface area contributed by atoms with Crippen LogP contribution in [-0.4, -0.2) is 24.7 Å². The monoisotopic (exact) mass is 402 g/mol. The van der Waals surface area contributed by atoms with Crippen molar-refractivity contribution in [1.82, 2.24) is 0 Å². The van der Waals surface area contributed by atoms with Crippen molar-refractivity contribution >= 4 is 14.6 Å². The van der Waals surface area contributed by atoms with Crippen LogP contribution in [0.3, 0.4) is 0 Å². The molecule has 2 bridgehead atoms. The second-order valence-electron chi connectivity index (χ2n) is 11.5. The molecule has 5 unspecified atom stereocenters. The van der Waals surface area contributed by atoms with Crippen molar-refractivity contribution in [3.63, 3.8) is 0 Å². The van der Waals surface area contributed by atoms with Crippen molar-refractivity contribution in [3.05, 3.63) is 0 Å². The lowest BCUT2D eigenvalue weighted by Crippen LogP contribution is -2.37. The van der Waals surface area contributed by atoms with Crippen LogP contribution >= 0.6 is 7.92 Å². The van der Waals surface area contributed by atoms with Gasteiger partial charge < -0.3 is 0 Å². The molecule has 1 aliphatic heterocycles. The van der Waals surface area contributed by atoms with E-state index in [0.717, 1.165) is 41.8 Å². The van der Waals surface area contributed by atoms with Crippen LogP contribution in [0.15, 0.2) is 0 Å². The number of hydrogen-bond acceptors (Lipinski definition) is 0. The summed E-state index contributed by atoms with van der Waals surface area (Å²) >= 11 is 0. The molecule has 28 heavy (non-hydrogen) atoms. The van der Waals surface area contributed by atoms with Gasteiger partial charge in [-0.3, -0.25) is 0 Å². The molecule has 4 rings (SSSR count). The van der Waals surface area contributed by atoms with E-state index in [1.165, 1.54) is 38.5 Å². The van der Waals surface area contributed by atoms with Crippen molar-refractivity contribution in [2.24, 2.45) is 17.8 Å². The molecule has 0 radical (unpaired) electrons. The lowest BCUT2D eigenvalue weighted by Gasteiger charge is -2.47. The first-order valence-corrected chi connectivity index (χ1v) is 15.2. The Labute approximate surface area is 178 Å². The Morgan fingerprint density at radius 1 is 0.714 bits per heavy atom. The molecule has 160 valence electrons. The first-order chi connectivity index (χ1) is 13.7. The summed E-state index contributed by atoms with van der Waals surface area (Å²) in [5.74, 6) is 5.41. The van der Waals surface area contributed by atoms with E-state index in [1.54, 1.807) is 76.4 Å². The van der Waals surface area contributed by atoms with Gasteiger partial charge >= 0.3 is 0 Å². The standard InChI is InChI=1S/C26H48BP/c1-21-15-16-23-19-26(21)28(20-22(23)2)18-10-9-17-27(24-11-5-3-6-12-24)25-13-7-4-8-14-25/h21-26H,3-20H2,1-2H3. The highest BCUT2D eigenvalue weighted by atomic mass is 31.1. The Bertz CT molecular complexity index is 435. The summed E-state index contributed by atoms with van der Waals surface area (Å²) in [5.41, 5.74) is 1.15. The highest BCUT2D eigenvalue weighted by Gasteiger charge is 2.40. The Hall–Kier alpha value is 0.495. The third-order valence-electron chi connectivity index (χ3n) is 9.73. The van der Waals surface area contributed by atoms with Gasteiger partial charge in [-0.15, -0.1) is 7.92 Å². The topological polar surface area (TPSA) is 0 Å². The molecule has 3 saturated carbocycles. The Kier molecular flexibility index (Phi) is 8.29. The summed E-state index contributed by atoms with van der Waals surface area (Å²) in [4.78, 5) is 0. The molecular weight excluding hydrogens is 354 g/mol. The van der Waals surface area contributed by atoms with Crippen molar-refractivity contribution in [2.75, 3.05) is 12.3 Å². The smallest absolute Gasteiger partial charge is 0.103 e. The van der Waals surface area contributed by atoms with Gasteiger partial charge in [0.2, 0.25) is 0 Å². The molecule has 0 aromatic rings. The maximum atomic E-state index is 2.59. The van der Waals surface area contributed by atoms with E-state index in [9.17, 15) is 0 Å². The highest BCUT2D eigenvalue weighted by molar-refractivity contribution is 7.58. The molecule has 0 aromatic carbocycles. The highest BCUT2D eigenvalue weighted by Crippen LogP contribution is 2.58. The fraction of sp³-hybridized carbons (Fsp3) is 1.00. The van der Waals surface area contributed by atoms with Crippen LogP contribution in [0, 0.1) is 17.8 Å². The molecule has 3 aliphatic carbocycles. The largest absolute Gasteiger partial charge is 0.146 e. The SMILES string of the molecule is CC1CP(CCCCB(C2CCCCC2)C2CCCCC2)C2CC1CCC2C. The lowest BCUT2D eigenvalue weighted by atomic mass is 9.28. The average molecular weight is 402 g/mol. The van der Waals surface area contributed by atoms with Gasteiger partial charge in [-0.25, -0.2) is 0 Å². The third kappa shape index (κ3) is 5.40. The number of hydrogen-bond donors (Lipinski definition) is 0. The lowest BCUT2D eigenvalue weighted by molar-refractivity contribution is 0.226. The maximum Gasteiger partial charge on any atom is 0.146 e. The Balaban J connectivity index is 1.26. The molecule has 0 amide bonds. The minimum atomic E-state index is 0.351. The summed E-state index contributed by atoms with van der Waals surface area (Å²) in [6, 6.07) is 0. The van der Waals surface area contributed by atoms with Gasteiger partial charge in [-0.1, -0.05) is 102 Å². The van der Waals surface area contributed by atoms with Crippen LogP contribution < -0.4 is 0 Å². The van der Waals surface area contributed by atoms with Crippen LogP contribution in [0.5, 0.6) is 0 Å². The molecule has 0 aromatic heterocycles. The zero-order chi connectivity index (χ0) is 19.3. The zero-order valence-corrected chi connectivity index (χ0v) is 20.1. The second kappa shape index (κ2) is 10.7. The van der Waals surface area contributed by atoms with E-state index in [-0.39, 0.29) is 0 Å². The number of rotatable bonds is 7. The minimum Gasteiger partial charge on any atom is -0.103 e. The number of fused-ring (bicyclic) bond motifs is 2. The fourth-order valence-electron chi connectivity index (χ4n) is 7.94. The van der Waals surface area contributed by atoms with Gasteiger partial charge in [0.25, 0.3) is 0 Å². The van der Waals surface area contributed by atoms with E-state index in [2.05, 4.69) is 13.8 Å². The average Bonchev–Trinajstić information content (AvgIpc) is 2.74. The predicted molar refractivity (Wildman–Crippen MR) is 130 cm³/mol. The molecule has 0 nitrogen and oxygen atoms in total. The molecule has 0 spiro atoms. The van der Waals surface area contributed by atoms with Gasteiger partial charge in [0.15, 0.2) is 0 Å². The van der Waals surface area contributed by atoms with E-state index in [4.69, 9.17) is 0 Å². The summed E-state index contributed by atoms with van der Waals surface area (Å²) in [5, 5.41) is 0. The first-order valence-electron chi connectivity index (χ1n) is 13.5. The van der Waals surface area contributed by atoms with E-state index in [1.807, 2.05) is 0 Å². The van der Waals surface area contributed by atoms with Crippen LogP contribution in [0.4, 0.5) is 0 Å². The van der Waals surface area contributed by atoms with Gasteiger partial charge in [-0.2, -0.15) is 0 Å². The summed E-state index contributed by atoms with van der Waals surface area (Å²) in [7, 11) is 0.351. The van der Waals surface area contributed by atoms with Crippen molar-refractivity contribution in [2.45, 2.75) is 134 Å². The van der Waals surface area contributed by atoms with Crippen LogP contribution in [0.25, 0.3) is 0 Å². The Morgan fingerprint density at radius 3 is 2.00 bits per heavy atom. The van der Waals surface area contributed by atoms with Gasteiger partial charge in [0.05, 0.1) is 0 Å². The first kappa shape index (κ1) is 21.7. The van der Waals surface area contributed by atoms with E-state index < -0.39 is 0 Å². The predicted octanol–water partition coefficient (Wildman–Crippen LogP) is 8.87. The van der Waals surface area contributed by atoms with Crippen LogP contribution in [0.2, 0.25) is 18.0 Å². The second-order valence-corrected chi connectivity index (χ2v) is 14.2. The fourth-order valence-corrected chi connectivity index (χ4v) is 11.8. The summed E-state index contributed by atoms with van der Waals surface area (Å²) < 4.78 is 0. The van der Waals surface area contributed by atoms with Crippen molar-refractivity contribution < 1.29 is 0 Å². The molecule has 5 atom stereocenters. The van der Waals surface area contributed by atoms with Crippen LogP contribution in [-0.2, 0) is 0 Å². The normalized spacial score (nSPS) is 37.7. The zero-order valence-electron chi connectivity index (χ0n) is 19.2. The molecule has 0 N–H and O–H groups in total. The van der Waals surface area contributed by atoms with Gasteiger partial charge in [0, 0.05) is 0 Å². The molecule has 4 aliphatic rings. The summed E-state index contributed by atoms with van der Waals surface area (Å²) in [6.07, 6.45) is 28.2. The molecule has 2 heteroatoms. The quantitative estimate of drug-likeness (QED) is 0.227. The van der Waals surface area contributed by atoms with E-state index in [0.29, 0.717) is 7.92 Å². The van der Waals surface area contributed by atoms with Gasteiger partial charge in [-0.05, 0) is 61.4 Å². The van der Waals surface area contributed by atoms with Gasteiger partial charge in [0.1, 0.15) is 6.71 Å². The molecule has 1 heterocycles. The molecule has 1 saturated heterocycles.